The molecule has 0 atom stereocenters. The predicted octanol–water partition coefficient (Wildman–Crippen LogP) is 2.89. The lowest BCUT2D eigenvalue weighted by atomic mass is 10.1. The Hall–Kier alpha value is -2.03. The van der Waals surface area contributed by atoms with E-state index in [1.165, 1.54) is 0 Å². The minimum absolute atomic E-state index is 0.714. The number of anilines is 2. The Morgan fingerprint density at radius 1 is 1.12 bits per heavy atom. The lowest BCUT2D eigenvalue weighted by Gasteiger charge is -2.11. The fourth-order valence-electron chi connectivity index (χ4n) is 1.73. The molecule has 1 aromatic heterocycles. The number of hydrogen-bond acceptors (Lipinski definition) is 3. The van der Waals surface area contributed by atoms with Crippen molar-refractivity contribution in [2.75, 3.05) is 11.1 Å². The second-order valence-electron chi connectivity index (χ2n) is 4.14. The van der Waals surface area contributed by atoms with E-state index in [-0.39, 0.29) is 0 Å². The number of aryl methyl sites for hydroxylation is 1. The molecule has 0 bridgehead atoms. The summed E-state index contributed by atoms with van der Waals surface area (Å²) in [5.74, 6) is 0. The number of nitrogens with one attached hydrogen (secondary N) is 1. The number of rotatable bonds is 3. The standard InChI is InChI=1S/C14H17N3/c1-10-5-3-6-12(17-10)9-16-14-8-4-7-13(15)11(14)2/h3-8,16H,9,15H2,1-2H3. The lowest BCUT2D eigenvalue weighted by Crippen LogP contribution is -2.04. The molecule has 3 nitrogen and oxygen atoms in total. The molecule has 2 rings (SSSR count). The number of nitrogens with zero attached hydrogens (tertiary/aromatic N) is 1. The molecule has 0 saturated heterocycles. The van der Waals surface area contributed by atoms with Gasteiger partial charge in [-0.05, 0) is 43.7 Å². The van der Waals surface area contributed by atoms with Gasteiger partial charge in [-0.3, -0.25) is 4.98 Å². The van der Waals surface area contributed by atoms with Crippen molar-refractivity contribution < 1.29 is 0 Å². The maximum Gasteiger partial charge on any atom is 0.0597 e. The van der Waals surface area contributed by atoms with Gasteiger partial charge in [-0.15, -0.1) is 0 Å². The summed E-state index contributed by atoms with van der Waals surface area (Å²) in [6, 6.07) is 11.9. The number of aromatic nitrogens is 1. The average molecular weight is 227 g/mol. The van der Waals surface area contributed by atoms with Crippen molar-refractivity contribution >= 4 is 11.4 Å². The number of nitrogens with two attached hydrogens (primary N) is 1. The zero-order valence-corrected chi connectivity index (χ0v) is 10.2. The average Bonchev–Trinajstić information content (AvgIpc) is 2.31. The smallest absolute Gasteiger partial charge is 0.0597 e. The molecule has 0 aliphatic heterocycles. The van der Waals surface area contributed by atoms with Gasteiger partial charge >= 0.3 is 0 Å². The third-order valence-electron chi connectivity index (χ3n) is 2.78. The van der Waals surface area contributed by atoms with Crippen LogP contribution in [-0.4, -0.2) is 4.98 Å². The van der Waals surface area contributed by atoms with Crippen molar-refractivity contribution in [1.82, 2.24) is 4.98 Å². The van der Waals surface area contributed by atoms with Gasteiger partial charge in [-0.25, -0.2) is 0 Å². The molecule has 17 heavy (non-hydrogen) atoms. The Balaban J connectivity index is 2.10. The van der Waals surface area contributed by atoms with E-state index in [2.05, 4.69) is 10.3 Å². The molecule has 3 heteroatoms. The zero-order valence-electron chi connectivity index (χ0n) is 10.2. The van der Waals surface area contributed by atoms with Crippen LogP contribution in [-0.2, 0) is 6.54 Å². The van der Waals surface area contributed by atoms with Crippen LogP contribution in [0.5, 0.6) is 0 Å². The second-order valence-corrected chi connectivity index (χ2v) is 4.14. The Morgan fingerprint density at radius 3 is 2.65 bits per heavy atom. The summed E-state index contributed by atoms with van der Waals surface area (Å²) in [5.41, 5.74) is 10.9. The monoisotopic (exact) mass is 227 g/mol. The molecule has 0 saturated carbocycles. The molecule has 0 amide bonds. The summed E-state index contributed by atoms with van der Waals surface area (Å²) in [5, 5.41) is 3.35. The minimum Gasteiger partial charge on any atom is -0.398 e. The molecule has 0 aliphatic rings. The fraction of sp³-hybridized carbons (Fsp3) is 0.214. The van der Waals surface area contributed by atoms with Crippen LogP contribution in [0.4, 0.5) is 11.4 Å². The Morgan fingerprint density at radius 2 is 1.88 bits per heavy atom. The van der Waals surface area contributed by atoms with Crippen LogP contribution in [0.1, 0.15) is 17.0 Å². The van der Waals surface area contributed by atoms with Crippen LogP contribution in [0.3, 0.4) is 0 Å². The van der Waals surface area contributed by atoms with Gasteiger partial charge < -0.3 is 11.1 Å². The molecule has 0 fully saturated rings. The first-order valence-electron chi connectivity index (χ1n) is 5.68. The van der Waals surface area contributed by atoms with Crippen LogP contribution in [0.25, 0.3) is 0 Å². The molecule has 3 N–H and O–H groups in total. The zero-order chi connectivity index (χ0) is 12.3. The highest BCUT2D eigenvalue weighted by Crippen LogP contribution is 2.20. The van der Waals surface area contributed by atoms with Crippen LogP contribution >= 0.6 is 0 Å². The van der Waals surface area contributed by atoms with Gasteiger partial charge in [0.25, 0.3) is 0 Å². The van der Waals surface area contributed by atoms with Gasteiger partial charge in [-0.1, -0.05) is 12.1 Å². The minimum atomic E-state index is 0.714. The van der Waals surface area contributed by atoms with E-state index in [0.717, 1.165) is 28.3 Å². The van der Waals surface area contributed by atoms with E-state index in [4.69, 9.17) is 5.73 Å². The summed E-state index contributed by atoms with van der Waals surface area (Å²) < 4.78 is 0. The SMILES string of the molecule is Cc1cccc(CNc2cccc(N)c2C)n1. The molecule has 0 spiro atoms. The van der Waals surface area contributed by atoms with Gasteiger partial charge in [0.05, 0.1) is 12.2 Å². The van der Waals surface area contributed by atoms with E-state index < -0.39 is 0 Å². The maximum absolute atomic E-state index is 5.86. The van der Waals surface area contributed by atoms with Gasteiger partial charge in [0.2, 0.25) is 0 Å². The molecular formula is C14H17N3. The highest BCUT2D eigenvalue weighted by molar-refractivity contribution is 5.62. The van der Waals surface area contributed by atoms with Gasteiger partial charge in [-0.2, -0.15) is 0 Å². The number of pyridine rings is 1. The topological polar surface area (TPSA) is 50.9 Å². The number of nitrogen functional groups attached to an aromatic ring is 1. The fourth-order valence-corrected chi connectivity index (χ4v) is 1.73. The Bertz CT molecular complexity index is 521. The van der Waals surface area contributed by atoms with Crippen LogP contribution < -0.4 is 11.1 Å². The summed E-state index contributed by atoms with van der Waals surface area (Å²) in [6.45, 7) is 4.72. The molecule has 88 valence electrons. The number of hydrogen-bond donors (Lipinski definition) is 2. The third kappa shape index (κ3) is 2.75. The summed E-state index contributed by atoms with van der Waals surface area (Å²) in [6.07, 6.45) is 0. The third-order valence-corrected chi connectivity index (χ3v) is 2.78. The van der Waals surface area contributed by atoms with E-state index in [1.54, 1.807) is 0 Å². The van der Waals surface area contributed by atoms with E-state index in [1.807, 2.05) is 50.2 Å². The first-order chi connectivity index (χ1) is 8.16. The molecule has 0 aliphatic carbocycles. The molecule has 0 unspecified atom stereocenters. The van der Waals surface area contributed by atoms with Gasteiger partial charge in [0.15, 0.2) is 0 Å². The predicted molar refractivity (Wildman–Crippen MR) is 71.9 cm³/mol. The summed E-state index contributed by atoms with van der Waals surface area (Å²) in [4.78, 5) is 4.45. The first kappa shape index (κ1) is 11.5. The molecule has 1 heterocycles. The molecule has 2 aromatic rings. The maximum atomic E-state index is 5.86. The number of benzene rings is 1. The van der Waals surface area contributed by atoms with Crippen molar-refractivity contribution in [3.05, 3.63) is 53.3 Å². The van der Waals surface area contributed by atoms with Crippen molar-refractivity contribution in [2.45, 2.75) is 20.4 Å². The van der Waals surface area contributed by atoms with Crippen molar-refractivity contribution in [3.63, 3.8) is 0 Å². The van der Waals surface area contributed by atoms with E-state index in [9.17, 15) is 0 Å². The van der Waals surface area contributed by atoms with E-state index in [0.29, 0.717) is 6.54 Å². The quantitative estimate of drug-likeness (QED) is 0.793. The lowest BCUT2D eigenvalue weighted by molar-refractivity contribution is 1.01. The normalized spacial score (nSPS) is 10.2. The van der Waals surface area contributed by atoms with Crippen molar-refractivity contribution in [1.29, 1.82) is 0 Å². The highest BCUT2D eigenvalue weighted by Gasteiger charge is 2.01. The Labute approximate surface area is 102 Å². The first-order valence-corrected chi connectivity index (χ1v) is 5.68. The van der Waals surface area contributed by atoms with Crippen LogP contribution in [0, 0.1) is 13.8 Å². The second kappa shape index (κ2) is 4.87. The van der Waals surface area contributed by atoms with Crippen LogP contribution in [0.15, 0.2) is 36.4 Å². The summed E-state index contributed by atoms with van der Waals surface area (Å²) >= 11 is 0. The van der Waals surface area contributed by atoms with Crippen LogP contribution in [0.2, 0.25) is 0 Å². The summed E-state index contributed by atoms with van der Waals surface area (Å²) in [7, 11) is 0. The van der Waals surface area contributed by atoms with Gasteiger partial charge in [0, 0.05) is 17.1 Å². The van der Waals surface area contributed by atoms with E-state index >= 15 is 0 Å². The molecular weight excluding hydrogens is 210 g/mol. The van der Waals surface area contributed by atoms with Crippen molar-refractivity contribution in [2.24, 2.45) is 0 Å². The molecule has 0 radical (unpaired) electrons. The van der Waals surface area contributed by atoms with Gasteiger partial charge in [0.1, 0.15) is 0 Å². The largest absolute Gasteiger partial charge is 0.398 e. The highest BCUT2D eigenvalue weighted by atomic mass is 14.9. The Kier molecular flexibility index (Phi) is 3.28. The van der Waals surface area contributed by atoms with Crippen molar-refractivity contribution in [3.8, 4) is 0 Å². The molecule has 1 aromatic carbocycles.